The highest BCUT2D eigenvalue weighted by atomic mass is 32.1. The maximum atomic E-state index is 12.6. The number of hydrogen-bond acceptors (Lipinski definition) is 7. The summed E-state index contributed by atoms with van der Waals surface area (Å²) in [6.45, 7) is 0.129. The Kier molecular flexibility index (Phi) is 3.95. The molecule has 0 unspecified atom stereocenters. The number of nitrogens with zero attached hydrogens (tertiary/aromatic N) is 4. The molecule has 0 atom stereocenters. The molecular formula is C17H11N5O3S. The maximum absolute atomic E-state index is 12.6. The lowest BCUT2D eigenvalue weighted by molar-refractivity contribution is 0.378. The van der Waals surface area contributed by atoms with Gasteiger partial charge in [-0.15, -0.1) is 11.3 Å². The van der Waals surface area contributed by atoms with Crippen LogP contribution in [0.25, 0.3) is 10.9 Å². The summed E-state index contributed by atoms with van der Waals surface area (Å²) in [5.41, 5.74) is -0.597. The number of fused-ring (bicyclic) bond motifs is 1. The van der Waals surface area contributed by atoms with E-state index in [9.17, 15) is 9.59 Å². The normalized spacial score (nSPS) is 10.9. The summed E-state index contributed by atoms with van der Waals surface area (Å²) in [6, 6.07) is 8.61. The van der Waals surface area contributed by atoms with Crippen LogP contribution in [0, 0.1) is 11.3 Å². The number of aromatic nitrogens is 4. The van der Waals surface area contributed by atoms with Crippen LogP contribution in [0.5, 0.6) is 0 Å². The fraction of sp³-hybridized carbons (Fsp3) is 0.118. The number of rotatable bonds is 4. The largest absolute Gasteiger partial charge is 0.339 e. The van der Waals surface area contributed by atoms with Crippen LogP contribution in [0.4, 0.5) is 0 Å². The van der Waals surface area contributed by atoms with Crippen molar-refractivity contribution in [3.8, 4) is 6.07 Å². The van der Waals surface area contributed by atoms with Gasteiger partial charge in [-0.05, 0) is 23.6 Å². The first-order valence-corrected chi connectivity index (χ1v) is 8.52. The van der Waals surface area contributed by atoms with Crippen molar-refractivity contribution in [2.24, 2.45) is 0 Å². The van der Waals surface area contributed by atoms with E-state index in [-0.39, 0.29) is 23.1 Å². The lowest BCUT2D eigenvalue weighted by atomic mass is 10.2. The Morgan fingerprint density at radius 3 is 3.00 bits per heavy atom. The molecule has 0 spiro atoms. The Morgan fingerprint density at radius 2 is 2.23 bits per heavy atom. The molecule has 8 nitrogen and oxygen atoms in total. The van der Waals surface area contributed by atoms with Crippen LogP contribution in [-0.2, 0) is 13.0 Å². The van der Waals surface area contributed by atoms with Gasteiger partial charge >= 0.3 is 0 Å². The van der Waals surface area contributed by atoms with Gasteiger partial charge in [-0.25, -0.2) is 0 Å². The van der Waals surface area contributed by atoms with Gasteiger partial charge in [0.15, 0.2) is 5.82 Å². The van der Waals surface area contributed by atoms with Crippen molar-refractivity contribution in [2.75, 3.05) is 0 Å². The third-order valence-corrected chi connectivity index (χ3v) is 4.71. The van der Waals surface area contributed by atoms with Gasteiger partial charge in [-0.2, -0.15) is 10.2 Å². The van der Waals surface area contributed by atoms with Crippen LogP contribution >= 0.6 is 11.3 Å². The van der Waals surface area contributed by atoms with E-state index in [1.54, 1.807) is 29.7 Å². The quantitative estimate of drug-likeness (QED) is 0.587. The van der Waals surface area contributed by atoms with Gasteiger partial charge in [0.05, 0.1) is 23.9 Å². The molecule has 9 heteroatoms. The highest BCUT2D eigenvalue weighted by Crippen LogP contribution is 2.14. The average molecular weight is 365 g/mol. The van der Waals surface area contributed by atoms with Crippen molar-refractivity contribution >= 4 is 22.2 Å². The van der Waals surface area contributed by atoms with Crippen LogP contribution in [0.2, 0.25) is 0 Å². The zero-order valence-electron chi connectivity index (χ0n) is 13.3. The first-order chi connectivity index (χ1) is 12.6. The molecule has 4 heterocycles. The number of pyridine rings is 2. The van der Waals surface area contributed by atoms with Crippen LogP contribution in [0.3, 0.4) is 0 Å². The van der Waals surface area contributed by atoms with Crippen LogP contribution in [0.15, 0.2) is 50.0 Å². The molecule has 0 fully saturated rings. The average Bonchev–Trinajstić information content (AvgIpc) is 3.30. The third kappa shape index (κ3) is 2.94. The SMILES string of the molecule is N#Cc1cc2c(=O)n(Cc3noc(Cc4cccs4)n3)ccc2[nH]c1=O. The molecule has 128 valence electrons. The molecule has 0 radical (unpaired) electrons. The minimum Gasteiger partial charge on any atom is -0.339 e. The topological polar surface area (TPSA) is 118 Å². The monoisotopic (exact) mass is 365 g/mol. The Bertz CT molecular complexity index is 1240. The van der Waals surface area contributed by atoms with E-state index in [0.29, 0.717) is 23.7 Å². The summed E-state index contributed by atoms with van der Waals surface area (Å²) in [5.74, 6) is 0.857. The van der Waals surface area contributed by atoms with E-state index in [0.717, 1.165) is 4.88 Å². The summed E-state index contributed by atoms with van der Waals surface area (Å²) in [4.78, 5) is 32.2. The molecule has 0 aliphatic heterocycles. The predicted octanol–water partition coefficient (Wildman–Crippen LogP) is 1.65. The smallest absolute Gasteiger partial charge is 0.266 e. The Morgan fingerprint density at radius 1 is 1.35 bits per heavy atom. The Labute approximate surface area is 150 Å². The summed E-state index contributed by atoms with van der Waals surface area (Å²) < 4.78 is 6.63. The molecule has 4 aromatic rings. The summed E-state index contributed by atoms with van der Waals surface area (Å²) in [6.07, 6.45) is 2.09. The Hall–Kier alpha value is -3.51. The van der Waals surface area contributed by atoms with Gasteiger partial charge in [0.2, 0.25) is 5.89 Å². The highest BCUT2D eigenvalue weighted by molar-refractivity contribution is 7.09. The van der Waals surface area contributed by atoms with Crippen molar-refractivity contribution in [2.45, 2.75) is 13.0 Å². The number of hydrogen-bond donors (Lipinski definition) is 1. The van der Waals surface area contributed by atoms with E-state index < -0.39 is 5.56 Å². The van der Waals surface area contributed by atoms with Crippen molar-refractivity contribution in [3.63, 3.8) is 0 Å². The van der Waals surface area contributed by atoms with Gasteiger partial charge in [0.25, 0.3) is 11.1 Å². The predicted molar refractivity (Wildman–Crippen MR) is 94.1 cm³/mol. The van der Waals surface area contributed by atoms with Crippen LogP contribution in [0.1, 0.15) is 22.2 Å². The fourth-order valence-electron chi connectivity index (χ4n) is 2.59. The molecule has 0 bridgehead atoms. The molecule has 0 amide bonds. The Balaban J connectivity index is 1.65. The fourth-order valence-corrected chi connectivity index (χ4v) is 3.28. The highest BCUT2D eigenvalue weighted by Gasteiger charge is 2.12. The molecular weight excluding hydrogens is 354 g/mol. The molecule has 1 N–H and O–H groups in total. The standard InChI is InChI=1S/C17H11N5O3S/c18-8-10-6-12-13(19-16(10)23)3-4-22(17(12)24)9-14-20-15(25-21-14)7-11-2-1-5-26-11/h1-6H,7,9H2,(H,19,23). The minimum atomic E-state index is -0.520. The van der Waals surface area contributed by atoms with Gasteiger partial charge < -0.3 is 14.1 Å². The van der Waals surface area contributed by atoms with Crippen molar-refractivity contribution in [1.29, 1.82) is 5.26 Å². The van der Waals surface area contributed by atoms with Gasteiger partial charge in [0, 0.05) is 11.1 Å². The molecule has 0 saturated carbocycles. The summed E-state index contributed by atoms with van der Waals surface area (Å²) >= 11 is 1.60. The first kappa shape index (κ1) is 16.0. The van der Waals surface area contributed by atoms with E-state index in [2.05, 4.69) is 15.1 Å². The van der Waals surface area contributed by atoms with Crippen molar-refractivity contribution in [3.05, 3.63) is 78.7 Å². The second kappa shape index (κ2) is 6.42. The number of nitrogens with one attached hydrogen (secondary N) is 1. The lowest BCUT2D eigenvalue weighted by Gasteiger charge is -2.04. The van der Waals surface area contributed by atoms with Crippen LogP contribution < -0.4 is 11.1 Å². The van der Waals surface area contributed by atoms with E-state index in [1.807, 2.05) is 17.5 Å². The molecule has 0 aliphatic rings. The molecule has 0 aliphatic carbocycles. The minimum absolute atomic E-state index is 0.106. The van der Waals surface area contributed by atoms with Gasteiger partial charge in [0.1, 0.15) is 11.6 Å². The number of nitriles is 1. The number of H-pyrrole nitrogens is 1. The maximum Gasteiger partial charge on any atom is 0.266 e. The third-order valence-electron chi connectivity index (χ3n) is 3.83. The zero-order valence-corrected chi connectivity index (χ0v) is 14.1. The number of thiophene rings is 1. The summed E-state index contributed by atoms with van der Waals surface area (Å²) in [5, 5.41) is 15.1. The first-order valence-electron chi connectivity index (χ1n) is 7.64. The second-order valence-electron chi connectivity index (χ2n) is 5.56. The molecule has 4 rings (SSSR count). The van der Waals surface area contributed by atoms with Crippen molar-refractivity contribution < 1.29 is 4.52 Å². The van der Waals surface area contributed by atoms with Crippen LogP contribution in [-0.4, -0.2) is 19.7 Å². The van der Waals surface area contributed by atoms with E-state index in [1.165, 1.54) is 10.6 Å². The van der Waals surface area contributed by atoms with Crippen molar-refractivity contribution in [1.82, 2.24) is 19.7 Å². The molecule has 4 aromatic heterocycles. The molecule has 26 heavy (non-hydrogen) atoms. The molecule has 0 saturated heterocycles. The number of aromatic amines is 1. The lowest BCUT2D eigenvalue weighted by Crippen LogP contribution is -2.22. The molecule has 0 aromatic carbocycles. The van der Waals surface area contributed by atoms with Gasteiger partial charge in [-0.1, -0.05) is 11.2 Å². The van der Waals surface area contributed by atoms with E-state index >= 15 is 0 Å². The summed E-state index contributed by atoms with van der Waals surface area (Å²) in [7, 11) is 0. The van der Waals surface area contributed by atoms with E-state index in [4.69, 9.17) is 9.78 Å². The zero-order chi connectivity index (χ0) is 18.1. The van der Waals surface area contributed by atoms with Gasteiger partial charge in [-0.3, -0.25) is 9.59 Å². The second-order valence-corrected chi connectivity index (χ2v) is 6.59.